The first-order valence-corrected chi connectivity index (χ1v) is 7.17. The first-order valence-electron chi connectivity index (χ1n) is 6.39. The molecule has 0 bridgehead atoms. The van der Waals surface area contributed by atoms with E-state index < -0.39 is 0 Å². The van der Waals surface area contributed by atoms with E-state index in [1.165, 1.54) is 0 Å². The first-order chi connectivity index (χ1) is 9.61. The van der Waals surface area contributed by atoms with Gasteiger partial charge in [0.2, 0.25) is 0 Å². The van der Waals surface area contributed by atoms with Gasteiger partial charge in [-0.15, -0.1) is 0 Å². The summed E-state index contributed by atoms with van der Waals surface area (Å²) in [4.78, 5) is 1.94. The van der Waals surface area contributed by atoms with Gasteiger partial charge in [0.1, 0.15) is 0 Å². The van der Waals surface area contributed by atoms with Crippen LogP contribution in [0.1, 0.15) is 12.6 Å². The second-order valence-electron chi connectivity index (χ2n) is 4.41. The van der Waals surface area contributed by atoms with E-state index in [0.29, 0.717) is 16.7 Å². The van der Waals surface area contributed by atoms with Gasteiger partial charge in [-0.25, -0.2) is 0 Å². The minimum absolute atomic E-state index is 0.616. The van der Waals surface area contributed by atoms with Crippen LogP contribution in [-0.2, 0) is 13.1 Å². The highest BCUT2D eigenvalue weighted by Crippen LogP contribution is 2.17. The van der Waals surface area contributed by atoms with Crippen molar-refractivity contribution in [3.8, 4) is 0 Å². The van der Waals surface area contributed by atoms with Crippen molar-refractivity contribution in [2.45, 2.75) is 20.0 Å². The Morgan fingerprint density at radius 3 is 2.75 bits per heavy atom. The molecule has 0 atom stereocenters. The van der Waals surface area contributed by atoms with Crippen molar-refractivity contribution >= 4 is 34.6 Å². The number of anilines is 1. The number of hydrogen-bond acceptors (Lipinski definition) is 2. The van der Waals surface area contributed by atoms with Crippen LogP contribution >= 0.6 is 23.8 Å². The number of aryl methyl sites for hydroxylation is 1. The monoisotopic (exact) mass is 308 g/mol. The molecule has 0 radical (unpaired) electrons. The molecule has 1 aromatic heterocycles. The van der Waals surface area contributed by atoms with Crippen molar-refractivity contribution < 1.29 is 0 Å². The van der Waals surface area contributed by atoms with Crippen LogP contribution in [0.2, 0.25) is 5.02 Å². The van der Waals surface area contributed by atoms with E-state index in [2.05, 4.69) is 10.4 Å². The second-order valence-corrected chi connectivity index (χ2v) is 5.20. The molecule has 0 spiro atoms. The third-order valence-electron chi connectivity index (χ3n) is 2.96. The van der Waals surface area contributed by atoms with E-state index in [4.69, 9.17) is 23.8 Å². The van der Waals surface area contributed by atoms with Gasteiger partial charge in [-0.05, 0) is 31.3 Å². The molecule has 2 aromatic rings. The molecule has 4 nitrogen and oxygen atoms in total. The molecule has 1 N–H and O–H groups in total. The van der Waals surface area contributed by atoms with Crippen LogP contribution < -0.4 is 5.32 Å². The maximum absolute atomic E-state index is 6.16. The molecule has 0 fully saturated rings. The molecule has 0 aliphatic carbocycles. The average Bonchev–Trinajstić information content (AvgIpc) is 2.80. The fraction of sp³-hybridized carbons (Fsp3) is 0.286. The van der Waals surface area contributed by atoms with Gasteiger partial charge in [0.15, 0.2) is 5.11 Å². The lowest BCUT2D eigenvalue weighted by Crippen LogP contribution is -2.31. The van der Waals surface area contributed by atoms with Crippen molar-refractivity contribution in [2.24, 2.45) is 0 Å². The Kier molecular flexibility index (Phi) is 4.98. The lowest BCUT2D eigenvalue weighted by atomic mass is 10.3. The molecule has 6 heteroatoms. The number of benzene rings is 1. The lowest BCUT2D eigenvalue weighted by Gasteiger charge is -2.21. The van der Waals surface area contributed by atoms with Gasteiger partial charge < -0.3 is 10.2 Å². The molecule has 106 valence electrons. The Hall–Kier alpha value is -1.59. The lowest BCUT2D eigenvalue weighted by molar-refractivity contribution is 0.471. The second kappa shape index (κ2) is 6.72. The molecule has 1 heterocycles. The third kappa shape index (κ3) is 3.49. The van der Waals surface area contributed by atoms with E-state index in [-0.39, 0.29) is 0 Å². The molecule has 2 rings (SSSR count). The van der Waals surface area contributed by atoms with Crippen molar-refractivity contribution in [1.29, 1.82) is 0 Å². The molecule has 0 aliphatic rings. The van der Waals surface area contributed by atoms with Crippen LogP contribution in [0.3, 0.4) is 0 Å². The zero-order chi connectivity index (χ0) is 14.5. The molecule has 0 unspecified atom stereocenters. The quantitative estimate of drug-likeness (QED) is 0.878. The van der Waals surface area contributed by atoms with Crippen LogP contribution in [0, 0.1) is 0 Å². The minimum atomic E-state index is 0.616. The fourth-order valence-electron chi connectivity index (χ4n) is 1.85. The number of nitrogens with one attached hydrogen (secondary N) is 1. The number of hydrogen-bond donors (Lipinski definition) is 1. The summed E-state index contributed by atoms with van der Waals surface area (Å²) in [6.07, 6.45) is 1.67. The fourth-order valence-corrected chi connectivity index (χ4v) is 2.24. The van der Waals surface area contributed by atoms with E-state index in [0.717, 1.165) is 17.9 Å². The van der Waals surface area contributed by atoms with Crippen molar-refractivity contribution in [2.75, 3.05) is 12.4 Å². The maximum Gasteiger partial charge on any atom is 0.173 e. The van der Waals surface area contributed by atoms with Crippen LogP contribution in [-0.4, -0.2) is 26.8 Å². The zero-order valence-electron chi connectivity index (χ0n) is 11.5. The standard InChI is InChI=1S/C14H17ClN4S/c1-3-19-13(12(15)9-16-19)10-18(2)14(20)17-11-7-5-4-6-8-11/h4-9H,3,10H2,1-2H3,(H,17,20). The highest BCUT2D eigenvalue weighted by molar-refractivity contribution is 7.80. The number of thiocarbonyl (C=S) groups is 1. The Balaban J connectivity index is 2.02. The number of para-hydroxylation sites is 1. The Labute approximate surface area is 129 Å². The van der Waals surface area contributed by atoms with Crippen molar-refractivity contribution in [3.05, 3.63) is 47.2 Å². The van der Waals surface area contributed by atoms with Crippen LogP contribution in [0.4, 0.5) is 5.69 Å². The minimum Gasteiger partial charge on any atom is -0.346 e. The van der Waals surface area contributed by atoms with Gasteiger partial charge in [0.05, 0.1) is 23.5 Å². The molecule has 0 amide bonds. The topological polar surface area (TPSA) is 33.1 Å². The van der Waals surface area contributed by atoms with E-state index in [1.807, 2.05) is 53.9 Å². The summed E-state index contributed by atoms with van der Waals surface area (Å²) in [6.45, 7) is 3.44. The van der Waals surface area contributed by atoms with Gasteiger partial charge in [-0.1, -0.05) is 29.8 Å². The predicted octanol–water partition coefficient (Wildman–Crippen LogP) is 3.39. The summed E-state index contributed by atoms with van der Waals surface area (Å²) in [5.41, 5.74) is 1.94. The SMILES string of the molecule is CCn1ncc(Cl)c1CN(C)C(=S)Nc1ccccc1. The molecule has 0 saturated carbocycles. The number of rotatable bonds is 4. The van der Waals surface area contributed by atoms with E-state index in [9.17, 15) is 0 Å². The Morgan fingerprint density at radius 2 is 2.10 bits per heavy atom. The van der Waals surface area contributed by atoms with Crippen LogP contribution in [0.15, 0.2) is 36.5 Å². The number of halogens is 1. The summed E-state index contributed by atoms with van der Waals surface area (Å²) in [5.74, 6) is 0. The Bertz CT molecular complexity index is 582. The largest absolute Gasteiger partial charge is 0.346 e. The summed E-state index contributed by atoms with van der Waals surface area (Å²) in [6, 6.07) is 9.85. The van der Waals surface area contributed by atoms with Crippen molar-refractivity contribution in [3.63, 3.8) is 0 Å². The smallest absolute Gasteiger partial charge is 0.173 e. The molecule has 20 heavy (non-hydrogen) atoms. The van der Waals surface area contributed by atoms with E-state index >= 15 is 0 Å². The molecule has 0 saturated heterocycles. The zero-order valence-corrected chi connectivity index (χ0v) is 13.1. The highest BCUT2D eigenvalue weighted by Gasteiger charge is 2.12. The first kappa shape index (κ1) is 14.8. The average molecular weight is 309 g/mol. The van der Waals surface area contributed by atoms with Gasteiger partial charge in [-0.2, -0.15) is 5.10 Å². The predicted molar refractivity (Wildman–Crippen MR) is 87.0 cm³/mol. The Morgan fingerprint density at radius 1 is 1.40 bits per heavy atom. The molecule has 1 aromatic carbocycles. The maximum atomic E-state index is 6.16. The van der Waals surface area contributed by atoms with Gasteiger partial charge in [0.25, 0.3) is 0 Å². The van der Waals surface area contributed by atoms with Gasteiger partial charge in [0, 0.05) is 19.3 Å². The van der Waals surface area contributed by atoms with Crippen LogP contribution in [0.5, 0.6) is 0 Å². The third-order valence-corrected chi connectivity index (χ3v) is 3.69. The summed E-state index contributed by atoms with van der Waals surface area (Å²) >= 11 is 11.6. The molecular weight excluding hydrogens is 292 g/mol. The molecular formula is C14H17ClN4S. The van der Waals surface area contributed by atoms with Crippen LogP contribution in [0.25, 0.3) is 0 Å². The number of aromatic nitrogens is 2. The summed E-state index contributed by atoms with van der Waals surface area (Å²) in [7, 11) is 1.93. The number of nitrogens with zero attached hydrogens (tertiary/aromatic N) is 3. The normalized spacial score (nSPS) is 10.3. The van der Waals surface area contributed by atoms with Crippen molar-refractivity contribution in [1.82, 2.24) is 14.7 Å². The molecule has 0 aliphatic heterocycles. The van der Waals surface area contributed by atoms with Gasteiger partial charge >= 0.3 is 0 Å². The van der Waals surface area contributed by atoms with Gasteiger partial charge in [-0.3, -0.25) is 4.68 Å². The summed E-state index contributed by atoms with van der Waals surface area (Å²) < 4.78 is 1.88. The summed E-state index contributed by atoms with van der Waals surface area (Å²) in [5, 5.41) is 8.74. The van der Waals surface area contributed by atoms with E-state index in [1.54, 1.807) is 6.20 Å². The highest BCUT2D eigenvalue weighted by atomic mass is 35.5.